The zero-order valence-corrected chi connectivity index (χ0v) is 9.82. The van der Waals surface area contributed by atoms with Crippen LogP contribution in [0.25, 0.3) is 0 Å². The predicted molar refractivity (Wildman–Crippen MR) is 63.3 cm³/mol. The molecule has 5 heteroatoms. The second-order valence-corrected chi connectivity index (χ2v) is 4.06. The first-order valence-corrected chi connectivity index (χ1v) is 5.35. The highest BCUT2D eigenvalue weighted by atomic mass is 32.1. The molecule has 2 unspecified atom stereocenters. The van der Waals surface area contributed by atoms with Crippen LogP contribution in [0, 0.1) is 0 Å². The van der Waals surface area contributed by atoms with Gasteiger partial charge in [0.1, 0.15) is 12.2 Å². The Labute approximate surface area is 99.7 Å². The molecule has 1 aromatic carbocycles. The molecule has 0 bridgehead atoms. The highest BCUT2D eigenvalue weighted by Crippen LogP contribution is 2.18. The molecule has 0 heterocycles. The Hall–Kier alpha value is -1.04. The second-order valence-electron chi connectivity index (χ2n) is 3.54. The minimum absolute atomic E-state index is 0.0269. The molecule has 1 aromatic rings. The summed E-state index contributed by atoms with van der Waals surface area (Å²) in [5, 5.41) is 21.8. The number of benzene rings is 1. The number of carbonyl (C=O) groups is 1. The molecular formula is C11H15NO3S. The Morgan fingerprint density at radius 2 is 1.94 bits per heavy atom. The van der Waals surface area contributed by atoms with E-state index >= 15 is 0 Å². The first-order valence-electron chi connectivity index (χ1n) is 4.90. The lowest BCUT2D eigenvalue weighted by atomic mass is 10.0. The fraction of sp³-hybridized carbons (Fsp3) is 0.364. The van der Waals surface area contributed by atoms with Crippen LogP contribution in [0.4, 0.5) is 0 Å². The first kappa shape index (κ1) is 13.0. The van der Waals surface area contributed by atoms with Gasteiger partial charge in [-0.25, -0.2) is 0 Å². The molecule has 0 spiro atoms. The van der Waals surface area contributed by atoms with Gasteiger partial charge in [0.05, 0.1) is 0 Å². The summed E-state index contributed by atoms with van der Waals surface area (Å²) in [6.45, 7) is 1.38. The van der Waals surface area contributed by atoms with E-state index in [9.17, 15) is 15.0 Å². The van der Waals surface area contributed by atoms with Crippen molar-refractivity contribution in [3.05, 3.63) is 29.8 Å². The van der Waals surface area contributed by atoms with Gasteiger partial charge in [-0.3, -0.25) is 4.79 Å². The molecule has 0 aromatic heterocycles. The van der Waals surface area contributed by atoms with Gasteiger partial charge in [0.25, 0.3) is 0 Å². The van der Waals surface area contributed by atoms with Gasteiger partial charge < -0.3 is 15.5 Å². The van der Waals surface area contributed by atoms with Crippen LogP contribution in [0.15, 0.2) is 29.2 Å². The summed E-state index contributed by atoms with van der Waals surface area (Å²) in [6.07, 6.45) is -2.03. The Morgan fingerprint density at radius 3 is 2.44 bits per heavy atom. The number of aliphatic hydroxyl groups excluding tert-OH is 2. The zero-order valence-electron chi connectivity index (χ0n) is 8.92. The van der Waals surface area contributed by atoms with E-state index in [0.29, 0.717) is 5.56 Å². The topological polar surface area (TPSA) is 69.6 Å². The third kappa shape index (κ3) is 3.84. The van der Waals surface area contributed by atoms with Crippen LogP contribution in [-0.2, 0) is 4.79 Å². The molecule has 4 nitrogen and oxygen atoms in total. The first-order chi connectivity index (χ1) is 7.50. The van der Waals surface area contributed by atoms with E-state index in [1.165, 1.54) is 6.92 Å². The van der Waals surface area contributed by atoms with Gasteiger partial charge in [-0.1, -0.05) is 12.1 Å². The van der Waals surface area contributed by atoms with Crippen LogP contribution in [0.1, 0.15) is 18.6 Å². The van der Waals surface area contributed by atoms with Crippen molar-refractivity contribution in [2.45, 2.75) is 24.0 Å². The largest absolute Gasteiger partial charge is 0.388 e. The number of nitrogens with one attached hydrogen (secondary N) is 1. The minimum Gasteiger partial charge on any atom is -0.388 e. The summed E-state index contributed by atoms with van der Waals surface area (Å²) < 4.78 is 0. The van der Waals surface area contributed by atoms with Crippen molar-refractivity contribution in [1.82, 2.24) is 5.32 Å². The van der Waals surface area contributed by atoms with Gasteiger partial charge in [0, 0.05) is 18.4 Å². The van der Waals surface area contributed by atoms with Gasteiger partial charge in [-0.2, -0.15) is 0 Å². The molecule has 1 rings (SSSR count). The van der Waals surface area contributed by atoms with E-state index in [-0.39, 0.29) is 12.5 Å². The summed E-state index contributed by atoms with van der Waals surface area (Å²) in [7, 11) is 0. The molecule has 3 N–H and O–H groups in total. The van der Waals surface area contributed by atoms with Crippen molar-refractivity contribution in [2.75, 3.05) is 6.54 Å². The Kier molecular flexibility index (Phi) is 4.79. The molecule has 2 atom stereocenters. The molecule has 16 heavy (non-hydrogen) atoms. The molecule has 0 fully saturated rings. The molecular weight excluding hydrogens is 226 g/mol. The SMILES string of the molecule is CC(=O)NCC(O)C(O)c1ccc(S)cc1. The van der Waals surface area contributed by atoms with Crippen LogP contribution < -0.4 is 5.32 Å². The van der Waals surface area contributed by atoms with Crippen molar-refractivity contribution in [3.63, 3.8) is 0 Å². The minimum atomic E-state index is -1.02. The second kappa shape index (κ2) is 5.89. The van der Waals surface area contributed by atoms with Crippen LogP contribution >= 0.6 is 12.6 Å². The summed E-state index contributed by atoms with van der Waals surface area (Å²) >= 11 is 4.12. The third-order valence-electron chi connectivity index (χ3n) is 2.16. The van der Waals surface area contributed by atoms with E-state index in [1.807, 2.05) is 0 Å². The lowest BCUT2D eigenvalue weighted by Crippen LogP contribution is -2.34. The van der Waals surface area contributed by atoms with E-state index in [4.69, 9.17) is 0 Å². The van der Waals surface area contributed by atoms with Gasteiger partial charge in [-0.15, -0.1) is 12.6 Å². The summed E-state index contributed by atoms with van der Waals surface area (Å²) in [6, 6.07) is 6.83. The number of carbonyl (C=O) groups excluding carboxylic acids is 1. The maximum absolute atomic E-state index is 10.6. The highest BCUT2D eigenvalue weighted by Gasteiger charge is 2.18. The van der Waals surface area contributed by atoms with Crippen LogP contribution in [0.2, 0.25) is 0 Å². The molecule has 1 amide bonds. The zero-order chi connectivity index (χ0) is 12.1. The quantitative estimate of drug-likeness (QED) is 0.580. The average molecular weight is 241 g/mol. The maximum Gasteiger partial charge on any atom is 0.216 e. The smallest absolute Gasteiger partial charge is 0.216 e. The molecule has 0 aliphatic heterocycles. The van der Waals surface area contributed by atoms with Crippen molar-refractivity contribution in [1.29, 1.82) is 0 Å². The third-order valence-corrected chi connectivity index (χ3v) is 2.46. The normalized spacial score (nSPS) is 14.2. The van der Waals surface area contributed by atoms with Gasteiger partial charge in [-0.05, 0) is 17.7 Å². The number of aliphatic hydroxyl groups is 2. The highest BCUT2D eigenvalue weighted by molar-refractivity contribution is 7.80. The maximum atomic E-state index is 10.6. The number of hydrogen-bond donors (Lipinski definition) is 4. The summed E-state index contributed by atoms with van der Waals surface area (Å²) in [5.74, 6) is -0.239. The van der Waals surface area contributed by atoms with E-state index in [0.717, 1.165) is 4.90 Å². The van der Waals surface area contributed by atoms with Crippen molar-refractivity contribution < 1.29 is 15.0 Å². The summed E-state index contributed by atoms with van der Waals surface area (Å²) in [4.78, 5) is 11.4. The number of hydrogen-bond acceptors (Lipinski definition) is 4. The number of amides is 1. The van der Waals surface area contributed by atoms with Crippen molar-refractivity contribution in [3.8, 4) is 0 Å². The fourth-order valence-electron chi connectivity index (χ4n) is 1.25. The van der Waals surface area contributed by atoms with Crippen molar-refractivity contribution in [2.24, 2.45) is 0 Å². The molecule has 0 saturated carbocycles. The average Bonchev–Trinajstić information content (AvgIpc) is 2.26. The van der Waals surface area contributed by atoms with E-state index < -0.39 is 12.2 Å². The monoisotopic (exact) mass is 241 g/mol. The fourth-order valence-corrected chi connectivity index (χ4v) is 1.40. The molecule has 0 aliphatic rings. The Morgan fingerprint density at radius 1 is 1.38 bits per heavy atom. The molecule has 0 radical (unpaired) electrons. The van der Waals surface area contributed by atoms with Gasteiger partial charge in [0.2, 0.25) is 5.91 Å². The Bertz CT molecular complexity index is 353. The van der Waals surface area contributed by atoms with Crippen LogP contribution in [0.5, 0.6) is 0 Å². The van der Waals surface area contributed by atoms with E-state index in [1.54, 1.807) is 24.3 Å². The number of thiol groups is 1. The molecule has 0 saturated heterocycles. The van der Waals surface area contributed by atoms with Crippen LogP contribution in [-0.4, -0.2) is 28.8 Å². The molecule has 0 aliphatic carbocycles. The Balaban J connectivity index is 2.59. The number of rotatable bonds is 4. The molecule has 88 valence electrons. The predicted octanol–water partition coefficient (Wildman–Crippen LogP) is 0.506. The summed E-state index contributed by atoms with van der Waals surface area (Å²) in [5.41, 5.74) is 0.593. The van der Waals surface area contributed by atoms with Crippen LogP contribution in [0.3, 0.4) is 0 Å². The van der Waals surface area contributed by atoms with E-state index in [2.05, 4.69) is 17.9 Å². The lowest BCUT2D eigenvalue weighted by Gasteiger charge is -2.18. The van der Waals surface area contributed by atoms with Gasteiger partial charge in [0.15, 0.2) is 0 Å². The van der Waals surface area contributed by atoms with Crippen molar-refractivity contribution >= 4 is 18.5 Å². The van der Waals surface area contributed by atoms with Gasteiger partial charge >= 0.3 is 0 Å². The standard InChI is InChI=1S/C11H15NO3S/c1-7(13)12-6-10(14)11(15)8-2-4-9(16)5-3-8/h2-5,10-11,14-16H,6H2,1H3,(H,12,13). The lowest BCUT2D eigenvalue weighted by molar-refractivity contribution is -0.119.